The zero-order valence-electron chi connectivity index (χ0n) is 27.2. The van der Waals surface area contributed by atoms with Crippen molar-refractivity contribution in [1.29, 1.82) is 0 Å². The Balaban J connectivity index is 1.33. The van der Waals surface area contributed by atoms with Crippen LogP contribution in [0.1, 0.15) is 89.9 Å². The van der Waals surface area contributed by atoms with Gasteiger partial charge in [-0.3, -0.25) is 14.5 Å². The number of nitrogens with zero attached hydrogens (tertiary/aromatic N) is 3. The van der Waals surface area contributed by atoms with Crippen molar-refractivity contribution in [2.24, 2.45) is 17.8 Å². The molecule has 2 N–H and O–H groups in total. The third-order valence-electron chi connectivity index (χ3n) is 10.7. The Morgan fingerprint density at radius 3 is 2.35 bits per heavy atom. The van der Waals surface area contributed by atoms with Gasteiger partial charge in [0.2, 0.25) is 0 Å². The van der Waals surface area contributed by atoms with Crippen molar-refractivity contribution in [3.05, 3.63) is 76.5 Å². The van der Waals surface area contributed by atoms with Gasteiger partial charge in [0, 0.05) is 52.8 Å². The van der Waals surface area contributed by atoms with Gasteiger partial charge in [-0.2, -0.15) is 5.10 Å². The van der Waals surface area contributed by atoms with Gasteiger partial charge in [0.25, 0.3) is 11.8 Å². The molecule has 1 aliphatic heterocycles. The Bertz CT molecular complexity index is 1830. The number of rotatable bonds is 10. The van der Waals surface area contributed by atoms with Crippen molar-refractivity contribution in [3.63, 3.8) is 0 Å². The smallest absolute Gasteiger partial charge is 0.261 e. The summed E-state index contributed by atoms with van der Waals surface area (Å²) < 4.78 is 0. The highest BCUT2D eigenvalue weighted by molar-refractivity contribution is 6.27. The minimum absolute atomic E-state index is 0.205. The molecule has 1 fully saturated rings. The fraction of sp³-hybridized carbons (Fsp3) is 0.436. The minimum Gasteiger partial charge on any atom is -0.396 e. The van der Waals surface area contributed by atoms with E-state index < -0.39 is 0 Å². The first-order valence-electron chi connectivity index (χ1n) is 17.2. The lowest BCUT2D eigenvalue weighted by molar-refractivity contribution is 0.0608. The summed E-state index contributed by atoms with van der Waals surface area (Å²) in [6.45, 7) is 7.83. The number of hydrogen-bond acceptors (Lipinski definition) is 6. The molecule has 0 radical (unpaired) electrons. The maximum absolute atomic E-state index is 13.9. The molecule has 7 heteroatoms. The van der Waals surface area contributed by atoms with Crippen LogP contribution in [0.15, 0.2) is 48.5 Å². The summed E-state index contributed by atoms with van der Waals surface area (Å²) in [6, 6.07) is 16.4. The van der Waals surface area contributed by atoms with E-state index in [0.717, 1.165) is 102 Å². The van der Waals surface area contributed by atoms with Crippen molar-refractivity contribution in [3.8, 4) is 22.4 Å². The largest absolute Gasteiger partial charge is 0.396 e. The molecule has 0 unspecified atom stereocenters. The molecule has 7 nitrogen and oxygen atoms in total. The van der Waals surface area contributed by atoms with Gasteiger partial charge in [0.05, 0.1) is 11.4 Å². The van der Waals surface area contributed by atoms with Crippen LogP contribution >= 0.6 is 0 Å². The van der Waals surface area contributed by atoms with Gasteiger partial charge >= 0.3 is 0 Å². The first kappa shape index (κ1) is 30.5. The molecule has 1 saturated carbocycles. The van der Waals surface area contributed by atoms with Crippen LogP contribution in [0.5, 0.6) is 0 Å². The second kappa shape index (κ2) is 12.6. The number of fused-ring (bicyclic) bond motifs is 2. The lowest BCUT2D eigenvalue weighted by Gasteiger charge is -2.28. The highest BCUT2D eigenvalue weighted by Gasteiger charge is 2.49. The Hall–Kier alpha value is -4.10. The van der Waals surface area contributed by atoms with Crippen LogP contribution in [0.25, 0.3) is 33.2 Å². The number of amides is 2. The molecule has 0 spiro atoms. The molecule has 0 saturated heterocycles. The summed E-state index contributed by atoms with van der Waals surface area (Å²) >= 11 is 0. The molecule has 238 valence electrons. The summed E-state index contributed by atoms with van der Waals surface area (Å²) in [5.41, 5.74) is 9.60. The number of nitrogens with one attached hydrogen (secondary N) is 1. The Morgan fingerprint density at radius 2 is 1.59 bits per heavy atom. The predicted molar refractivity (Wildman–Crippen MR) is 183 cm³/mol. The van der Waals surface area contributed by atoms with Gasteiger partial charge in [0.15, 0.2) is 0 Å². The monoisotopic (exact) mass is 616 g/mol. The summed E-state index contributed by atoms with van der Waals surface area (Å²) in [6.07, 6.45) is 7.86. The third kappa shape index (κ3) is 5.28. The molecule has 2 heterocycles. The van der Waals surface area contributed by atoms with Crippen LogP contribution in [0.3, 0.4) is 0 Å². The summed E-state index contributed by atoms with van der Waals surface area (Å²) in [4.78, 5) is 28.9. The fourth-order valence-electron chi connectivity index (χ4n) is 8.01. The van der Waals surface area contributed by atoms with E-state index in [-0.39, 0.29) is 18.4 Å². The first-order valence-corrected chi connectivity index (χ1v) is 17.2. The lowest BCUT2D eigenvalue weighted by Crippen LogP contribution is -2.40. The van der Waals surface area contributed by atoms with E-state index in [1.807, 2.05) is 18.2 Å². The van der Waals surface area contributed by atoms with E-state index in [0.29, 0.717) is 35.4 Å². The normalized spacial score (nSPS) is 20.3. The number of unbranched alkanes of at least 4 members (excludes halogenated alkanes) is 2. The number of imide groups is 1. The minimum atomic E-state index is -0.218. The molecule has 0 bridgehead atoms. The van der Waals surface area contributed by atoms with E-state index in [1.54, 1.807) is 0 Å². The number of hydrogen-bond donors (Lipinski definition) is 2. The molecule has 3 aliphatic rings. The Kier molecular flexibility index (Phi) is 8.36. The molecular weight excluding hydrogens is 572 g/mol. The number of carbonyl (C=O) groups excluding carboxylic acids is 2. The highest BCUT2D eigenvalue weighted by atomic mass is 16.3. The molecule has 7 rings (SSSR count). The van der Waals surface area contributed by atoms with Gasteiger partial charge in [0.1, 0.15) is 0 Å². The van der Waals surface area contributed by atoms with Gasteiger partial charge < -0.3 is 10.4 Å². The second-order valence-electron chi connectivity index (χ2n) is 13.4. The third-order valence-corrected chi connectivity index (χ3v) is 10.7. The maximum Gasteiger partial charge on any atom is 0.261 e. The molecular formula is C39H44N4O3. The molecule has 3 atom stereocenters. The number of aryl methyl sites for hydroxylation is 1. The van der Waals surface area contributed by atoms with Crippen LogP contribution in [-0.4, -0.2) is 51.7 Å². The maximum atomic E-state index is 13.9. The van der Waals surface area contributed by atoms with E-state index in [1.165, 1.54) is 16.0 Å². The predicted octanol–water partition coefficient (Wildman–Crippen LogP) is 7.61. The van der Waals surface area contributed by atoms with Gasteiger partial charge in [-0.05, 0) is 116 Å². The van der Waals surface area contributed by atoms with Crippen LogP contribution < -0.4 is 5.32 Å². The zero-order valence-corrected chi connectivity index (χ0v) is 27.2. The van der Waals surface area contributed by atoms with Crippen molar-refractivity contribution >= 4 is 28.3 Å². The van der Waals surface area contributed by atoms with Gasteiger partial charge in [-0.25, -0.2) is 0 Å². The van der Waals surface area contributed by atoms with E-state index in [9.17, 15) is 14.7 Å². The molecule has 1 aromatic heterocycles. The van der Waals surface area contributed by atoms with Crippen LogP contribution in [0, 0.1) is 24.7 Å². The van der Waals surface area contributed by atoms with E-state index in [2.05, 4.69) is 61.5 Å². The van der Waals surface area contributed by atoms with Gasteiger partial charge in [-0.1, -0.05) is 44.9 Å². The fourth-order valence-corrected chi connectivity index (χ4v) is 8.01. The summed E-state index contributed by atoms with van der Waals surface area (Å²) in [5.74, 6) is 1.25. The highest BCUT2D eigenvalue weighted by Crippen LogP contribution is 2.53. The number of anilines is 1. The number of aliphatic hydroxyl groups excluding tert-OH is 1. The van der Waals surface area contributed by atoms with E-state index in [4.69, 9.17) is 5.10 Å². The SMILES string of the molecule is CCCCNc1ccc2c3c(cc(-c4cccc(-c5nnc(C)c6c5CC[C@H]5[C@@H](CO)[C@H]5CC6)c4)cc13)C(=O)N(CCCC)C2=O. The topological polar surface area (TPSA) is 95.4 Å². The molecule has 2 amide bonds. The first-order chi connectivity index (χ1) is 22.4. The number of aliphatic hydroxyl groups is 1. The van der Waals surface area contributed by atoms with Crippen LogP contribution in [-0.2, 0) is 12.8 Å². The quantitative estimate of drug-likeness (QED) is 0.141. The van der Waals surface area contributed by atoms with Crippen LogP contribution in [0.4, 0.5) is 5.69 Å². The van der Waals surface area contributed by atoms with E-state index >= 15 is 0 Å². The van der Waals surface area contributed by atoms with Gasteiger partial charge in [-0.15, -0.1) is 5.10 Å². The molecule has 3 aromatic carbocycles. The Labute approximate surface area is 271 Å². The van der Waals surface area contributed by atoms with Crippen molar-refractivity contribution < 1.29 is 14.7 Å². The second-order valence-corrected chi connectivity index (χ2v) is 13.4. The van der Waals surface area contributed by atoms with Crippen molar-refractivity contribution in [2.45, 2.75) is 72.1 Å². The van der Waals surface area contributed by atoms with Crippen molar-refractivity contribution in [1.82, 2.24) is 15.1 Å². The average molecular weight is 617 g/mol. The standard InChI is InChI=1S/C39H44N4O3/c1-4-6-17-40-35-16-15-31-36-32(35)20-26(21-33(36)39(46)43(38(31)45)18-7-5-2)24-9-8-10-25(19-24)37-30-14-13-29-28(34(29)22-44)12-11-27(30)23(3)41-42-37/h8-10,15-16,19-21,28-29,34,40,44H,4-7,11-14,17-18,22H2,1-3H3/t28-,29+,34-/m0/s1. The summed E-state index contributed by atoms with van der Waals surface area (Å²) in [5, 5.41) is 24.5. The lowest BCUT2D eigenvalue weighted by atomic mass is 9.87. The number of benzene rings is 3. The molecule has 46 heavy (non-hydrogen) atoms. The molecule has 2 aliphatic carbocycles. The zero-order chi connectivity index (χ0) is 31.9. The summed E-state index contributed by atoms with van der Waals surface area (Å²) in [7, 11) is 0. The van der Waals surface area contributed by atoms with Crippen LogP contribution in [0.2, 0.25) is 0 Å². The van der Waals surface area contributed by atoms with Crippen molar-refractivity contribution in [2.75, 3.05) is 25.0 Å². The Morgan fingerprint density at radius 1 is 0.848 bits per heavy atom. The number of aromatic nitrogens is 2. The molecule has 4 aromatic rings. The average Bonchev–Trinajstić information content (AvgIpc) is 3.74. The number of carbonyl (C=O) groups is 2.